The van der Waals surface area contributed by atoms with Gasteiger partial charge in [-0.2, -0.15) is 0 Å². The summed E-state index contributed by atoms with van der Waals surface area (Å²) in [5.41, 5.74) is 10.1. The second kappa shape index (κ2) is 10.4. The number of carbonyl (C=O) groups is 2. The highest BCUT2D eigenvalue weighted by atomic mass is 32.1. The van der Waals surface area contributed by atoms with Crippen LogP contribution in [0.4, 0.5) is 0 Å². The molecule has 36 heavy (non-hydrogen) atoms. The van der Waals surface area contributed by atoms with Gasteiger partial charge in [-0.15, -0.1) is 11.3 Å². The molecule has 3 aromatic rings. The zero-order chi connectivity index (χ0) is 26.0. The third-order valence-electron chi connectivity index (χ3n) is 5.99. The Balaban J connectivity index is 1.95. The van der Waals surface area contributed by atoms with Crippen molar-refractivity contribution >= 4 is 23.2 Å². The maximum absolute atomic E-state index is 13.2. The lowest BCUT2D eigenvalue weighted by Crippen LogP contribution is -2.29. The SMILES string of the molecule is CCOC(=O)C(OC(C)(C)C)c1c(C)sc(-c2ccc(C(N)=O)cc2)c1-c1ccc2c(c1)CCCO2. The Morgan fingerprint density at radius 1 is 1.11 bits per heavy atom. The van der Waals surface area contributed by atoms with Gasteiger partial charge in [0.1, 0.15) is 5.75 Å². The summed E-state index contributed by atoms with van der Waals surface area (Å²) in [6, 6.07) is 13.4. The number of hydrogen-bond donors (Lipinski definition) is 1. The Bertz CT molecular complexity index is 1270. The molecule has 2 aromatic carbocycles. The molecule has 7 heteroatoms. The minimum absolute atomic E-state index is 0.263. The van der Waals surface area contributed by atoms with E-state index in [2.05, 4.69) is 6.07 Å². The predicted octanol–water partition coefficient (Wildman–Crippen LogP) is 6.23. The Hall–Kier alpha value is -3.16. The average Bonchev–Trinajstić information content (AvgIpc) is 3.18. The summed E-state index contributed by atoms with van der Waals surface area (Å²) in [6.07, 6.45) is 1.01. The third kappa shape index (κ3) is 5.47. The number of fused-ring (bicyclic) bond motifs is 1. The van der Waals surface area contributed by atoms with Crippen molar-refractivity contribution in [3.63, 3.8) is 0 Å². The van der Waals surface area contributed by atoms with Crippen molar-refractivity contribution < 1.29 is 23.8 Å². The predicted molar refractivity (Wildman–Crippen MR) is 142 cm³/mol. The molecule has 0 radical (unpaired) electrons. The second-order valence-electron chi connectivity index (χ2n) is 9.85. The average molecular weight is 508 g/mol. The van der Waals surface area contributed by atoms with Crippen LogP contribution in [0.5, 0.6) is 5.75 Å². The highest BCUT2D eigenvalue weighted by molar-refractivity contribution is 7.16. The summed E-state index contributed by atoms with van der Waals surface area (Å²) in [6.45, 7) is 10.6. The van der Waals surface area contributed by atoms with E-state index >= 15 is 0 Å². The fourth-order valence-electron chi connectivity index (χ4n) is 4.46. The smallest absolute Gasteiger partial charge is 0.340 e. The summed E-state index contributed by atoms with van der Waals surface area (Å²) in [5, 5.41) is 0. The van der Waals surface area contributed by atoms with E-state index in [0.29, 0.717) is 5.56 Å². The fourth-order valence-corrected chi connectivity index (χ4v) is 5.67. The van der Waals surface area contributed by atoms with Gasteiger partial charge in [0.2, 0.25) is 5.91 Å². The van der Waals surface area contributed by atoms with Crippen molar-refractivity contribution in [1.82, 2.24) is 0 Å². The summed E-state index contributed by atoms with van der Waals surface area (Å²) >= 11 is 1.60. The van der Waals surface area contributed by atoms with Gasteiger partial charge in [0.15, 0.2) is 6.10 Å². The molecular weight excluding hydrogens is 474 g/mol. The molecule has 4 rings (SSSR count). The number of ether oxygens (including phenoxy) is 3. The zero-order valence-electron chi connectivity index (χ0n) is 21.5. The van der Waals surface area contributed by atoms with Crippen LogP contribution in [0.3, 0.4) is 0 Å². The van der Waals surface area contributed by atoms with E-state index in [-0.39, 0.29) is 6.61 Å². The van der Waals surface area contributed by atoms with Crippen molar-refractivity contribution in [2.24, 2.45) is 5.73 Å². The van der Waals surface area contributed by atoms with Crippen LogP contribution < -0.4 is 10.5 Å². The Kier molecular flexibility index (Phi) is 7.52. The maximum atomic E-state index is 13.2. The molecule has 190 valence electrons. The first-order chi connectivity index (χ1) is 17.1. The van der Waals surface area contributed by atoms with Crippen LogP contribution in [-0.2, 0) is 20.7 Å². The van der Waals surface area contributed by atoms with E-state index in [4.69, 9.17) is 19.9 Å². The summed E-state index contributed by atoms with van der Waals surface area (Å²) in [7, 11) is 0. The van der Waals surface area contributed by atoms with Gasteiger partial charge in [-0.25, -0.2) is 4.79 Å². The fraction of sp³-hybridized carbons (Fsp3) is 0.379. The van der Waals surface area contributed by atoms with Gasteiger partial charge in [0.05, 0.1) is 18.8 Å². The van der Waals surface area contributed by atoms with E-state index in [1.807, 2.05) is 52.0 Å². The van der Waals surface area contributed by atoms with Crippen molar-refractivity contribution in [2.75, 3.05) is 13.2 Å². The number of aryl methyl sites for hydroxylation is 2. The number of primary amides is 1. The van der Waals surface area contributed by atoms with E-state index in [0.717, 1.165) is 62.8 Å². The first-order valence-electron chi connectivity index (χ1n) is 12.2. The number of amides is 1. The standard InChI is InChI=1S/C29H33NO5S/c1-6-33-28(32)25(35-29(3,4)5)23-17(2)36-26(18-9-11-19(12-10-18)27(30)31)24(23)21-13-14-22-20(16-21)8-7-15-34-22/h9-14,16,25H,6-8,15H2,1-5H3,(H2,30,31). The van der Waals surface area contributed by atoms with Crippen LogP contribution in [0.1, 0.15) is 66.6 Å². The molecule has 1 aliphatic heterocycles. The van der Waals surface area contributed by atoms with E-state index < -0.39 is 23.6 Å². The minimum atomic E-state index is -0.887. The topological polar surface area (TPSA) is 87.9 Å². The van der Waals surface area contributed by atoms with Crippen molar-refractivity contribution in [1.29, 1.82) is 0 Å². The first kappa shape index (κ1) is 25.9. The van der Waals surface area contributed by atoms with E-state index in [9.17, 15) is 9.59 Å². The van der Waals surface area contributed by atoms with Crippen molar-refractivity contribution in [3.05, 3.63) is 64.0 Å². The zero-order valence-corrected chi connectivity index (χ0v) is 22.3. The van der Waals surface area contributed by atoms with Gasteiger partial charge in [-0.3, -0.25) is 4.79 Å². The highest BCUT2D eigenvalue weighted by Crippen LogP contribution is 2.48. The molecule has 2 heterocycles. The van der Waals surface area contributed by atoms with Crippen LogP contribution in [0.15, 0.2) is 42.5 Å². The summed E-state index contributed by atoms with van der Waals surface area (Å²) in [5.74, 6) is 0.0192. The molecule has 0 saturated carbocycles. The number of benzene rings is 2. The largest absolute Gasteiger partial charge is 0.493 e. The third-order valence-corrected chi connectivity index (χ3v) is 7.16. The first-order valence-corrected chi connectivity index (χ1v) is 13.0. The molecule has 2 N–H and O–H groups in total. The summed E-state index contributed by atoms with van der Waals surface area (Å²) in [4.78, 5) is 26.8. The molecule has 0 bridgehead atoms. The molecule has 6 nitrogen and oxygen atoms in total. The molecule has 0 spiro atoms. The van der Waals surface area contributed by atoms with Crippen molar-refractivity contribution in [2.45, 2.75) is 59.2 Å². The lowest BCUT2D eigenvalue weighted by atomic mass is 9.91. The van der Waals surface area contributed by atoms with Crippen LogP contribution in [0.2, 0.25) is 0 Å². The van der Waals surface area contributed by atoms with Gasteiger partial charge in [-0.05, 0) is 88.4 Å². The van der Waals surface area contributed by atoms with Gasteiger partial charge in [0, 0.05) is 26.4 Å². The number of nitrogens with two attached hydrogens (primary N) is 1. The Morgan fingerprint density at radius 3 is 2.44 bits per heavy atom. The second-order valence-corrected chi connectivity index (χ2v) is 11.1. The monoisotopic (exact) mass is 507 g/mol. The van der Waals surface area contributed by atoms with Gasteiger partial charge >= 0.3 is 5.97 Å². The number of rotatable bonds is 7. The van der Waals surface area contributed by atoms with Gasteiger partial charge in [0.25, 0.3) is 0 Å². The van der Waals surface area contributed by atoms with Gasteiger partial charge < -0.3 is 19.9 Å². The van der Waals surface area contributed by atoms with Crippen LogP contribution in [0, 0.1) is 6.92 Å². The molecular formula is C29H33NO5S. The number of hydrogen-bond acceptors (Lipinski definition) is 6. The van der Waals surface area contributed by atoms with E-state index in [1.54, 1.807) is 30.4 Å². The molecule has 0 saturated heterocycles. The number of esters is 1. The number of thiophene rings is 1. The quantitative estimate of drug-likeness (QED) is 0.383. The van der Waals surface area contributed by atoms with Crippen molar-refractivity contribution in [3.8, 4) is 27.3 Å². The normalized spacial score (nSPS) is 14.0. The van der Waals surface area contributed by atoms with Crippen LogP contribution >= 0.6 is 11.3 Å². The van der Waals surface area contributed by atoms with Crippen LogP contribution in [-0.4, -0.2) is 30.7 Å². The van der Waals surface area contributed by atoms with Crippen LogP contribution in [0.25, 0.3) is 21.6 Å². The Morgan fingerprint density at radius 2 is 1.81 bits per heavy atom. The number of carbonyl (C=O) groups excluding carboxylic acids is 2. The lowest BCUT2D eigenvalue weighted by molar-refractivity contribution is -0.166. The molecule has 1 atom stereocenters. The highest BCUT2D eigenvalue weighted by Gasteiger charge is 2.35. The maximum Gasteiger partial charge on any atom is 0.340 e. The molecule has 1 amide bonds. The van der Waals surface area contributed by atoms with E-state index in [1.165, 1.54) is 0 Å². The Labute approximate surface area is 216 Å². The molecule has 0 fully saturated rings. The minimum Gasteiger partial charge on any atom is -0.493 e. The molecule has 1 aromatic heterocycles. The lowest BCUT2D eigenvalue weighted by Gasteiger charge is -2.27. The molecule has 0 aliphatic carbocycles. The molecule has 1 unspecified atom stereocenters. The molecule has 1 aliphatic rings. The summed E-state index contributed by atoms with van der Waals surface area (Å²) < 4.78 is 17.7. The van der Waals surface area contributed by atoms with Gasteiger partial charge in [-0.1, -0.05) is 18.2 Å².